The zero-order chi connectivity index (χ0) is 13.3. The van der Waals surface area contributed by atoms with Gasteiger partial charge in [0.1, 0.15) is 0 Å². The van der Waals surface area contributed by atoms with Gasteiger partial charge in [0.25, 0.3) is 0 Å². The van der Waals surface area contributed by atoms with Crippen molar-refractivity contribution < 1.29 is 0 Å². The quantitative estimate of drug-likeness (QED) is 0.893. The van der Waals surface area contributed by atoms with E-state index < -0.39 is 0 Å². The molecule has 3 heteroatoms. The number of likely N-dealkylation sites (N-methyl/N-ethyl adjacent to an activating group) is 2. The molecule has 0 fully saturated rings. The van der Waals surface area contributed by atoms with Crippen LogP contribution in [0.2, 0.25) is 0 Å². The summed E-state index contributed by atoms with van der Waals surface area (Å²) >= 11 is 0. The monoisotopic (exact) mass is 245 g/mol. The summed E-state index contributed by atoms with van der Waals surface area (Å²) in [6.07, 6.45) is 2.20. The lowest BCUT2D eigenvalue weighted by atomic mass is 10.1. The predicted octanol–water partition coefficient (Wildman–Crippen LogP) is 2.61. The van der Waals surface area contributed by atoms with Gasteiger partial charge in [-0.3, -0.25) is 0 Å². The summed E-state index contributed by atoms with van der Waals surface area (Å²) in [5.74, 6) is 0. The average Bonchev–Trinajstić information content (AvgIpc) is 2.67. The third-order valence-electron chi connectivity index (χ3n) is 3.60. The van der Waals surface area contributed by atoms with Crippen molar-refractivity contribution in [2.24, 2.45) is 7.05 Å². The van der Waals surface area contributed by atoms with Gasteiger partial charge in [-0.15, -0.1) is 0 Å². The number of aryl methyl sites for hydroxylation is 1. The molecule has 0 amide bonds. The highest BCUT2D eigenvalue weighted by molar-refractivity contribution is 5.93. The number of aromatic nitrogens is 1. The molecule has 0 unspecified atom stereocenters. The lowest BCUT2D eigenvalue weighted by Crippen LogP contribution is -2.46. The van der Waals surface area contributed by atoms with Crippen molar-refractivity contribution in [3.05, 3.63) is 30.5 Å². The molecule has 1 N–H and O–H groups in total. The van der Waals surface area contributed by atoms with Gasteiger partial charge in [-0.2, -0.15) is 0 Å². The molecule has 0 spiro atoms. The van der Waals surface area contributed by atoms with E-state index in [9.17, 15) is 0 Å². The first-order valence-corrected chi connectivity index (χ1v) is 6.39. The lowest BCUT2D eigenvalue weighted by molar-refractivity contribution is 0.428. The maximum atomic E-state index is 3.35. The molecule has 0 aliphatic carbocycles. The number of hydrogen-bond acceptors (Lipinski definition) is 2. The molecule has 0 atom stereocenters. The molecule has 1 aromatic heterocycles. The van der Waals surface area contributed by atoms with Gasteiger partial charge in [0.15, 0.2) is 0 Å². The number of anilines is 1. The van der Waals surface area contributed by atoms with Crippen LogP contribution in [-0.2, 0) is 7.05 Å². The van der Waals surface area contributed by atoms with Gasteiger partial charge >= 0.3 is 0 Å². The van der Waals surface area contributed by atoms with Crippen LogP contribution in [-0.4, -0.2) is 30.7 Å². The fourth-order valence-corrected chi connectivity index (χ4v) is 2.38. The highest BCUT2D eigenvalue weighted by Crippen LogP contribution is 2.28. The second-order valence-corrected chi connectivity index (χ2v) is 5.63. The summed E-state index contributed by atoms with van der Waals surface area (Å²) in [6.45, 7) is 5.40. The number of nitrogens with zero attached hydrogens (tertiary/aromatic N) is 2. The van der Waals surface area contributed by atoms with Crippen molar-refractivity contribution in [1.29, 1.82) is 0 Å². The first kappa shape index (κ1) is 13.0. The largest absolute Gasteiger partial charge is 0.371 e. The van der Waals surface area contributed by atoms with Crippen molar-refractivity contribution in [3.8, 4) is 0 Å². The van der Waals surface area contributed by atoms with Gasteiger partial charge in [0, 0.05) is 43.3 Å². The molecule has 0 saturated heterocycles. The van der Waals surface area contributed by atoms with Crippen LogP contribution in [0.15, 0.2) is 30.5 Å². The van der Waals surface area contributed by atoms with Crippen LogP contribution in [0.4, 0.5) is 5.69 Å². The van der Waals surface area contributed by atoms with Crippen molar-refractivity contribution >= 4 is 16.6 Å². The summed E-state index contributed by atoms with van der Waals surface area (Å²) in [5.41, 5.74) is 2.67. The Balaban J connectivity index is 2.36. The van der Waals surface area contributed by atoms with Crippen LogP contribution in [0.5, 0.6) is 0 Å². The molecule has 1 heterocycles. The summed E-state index contributed by atoms with van der Waals surface area (Å²) < 4.78 is 2.19. The molecule has 1 aromatic carbocycles. The second kappa shape index (κ2) is 4.65. The molecule has 3 nitrogen and oxygen atoms in total. The Labute approximate surface area is 109 Å². The minimum absolute atomic E-state index is 0.103. The van der Waals surface area contributed by atoms with Crippen molar-refractivity contribution in [3.63, 3.8) is 0 Å². The molecular formula is C15H23N3. The van der Waals surface area contributed by atoms with Gasteiger partial charge in [0.05, 0.1) is 5.69 Å². The Morgan fingerprint density at radius 1 is 1.28 bits per heavy atom. The highest BCUT2D eigenvalue weighted by Gasteiger charge is 2.19. The second-order valence-electron chi connectivity index (χ2n) is 5.63. The number of fused-ring (bicyclic) bond motifs is 1. The van der Waals surface area contributed by atoms with Gasteiger partial charge in [0.2, 0.25) is 0 Å². The Bertz CT molecular complexity index is 540. The van der Waals surface area contributed by atoms with Crippen molar-refractivity contribution in [1.82, 2.24) is 9.88 Å². The predicted molar refractivity (Wildman–Crippen MR) is 79.3 cm³/mol. The standard InChI is InChI=1S/C15H23N3/c1-15(2,16-3)11-18(5)14-10-17(4)13-9-7-6-8-12(13)14/h6-10,16H,11H2,1-5H3. The van der Waals surface area contributed by atoms with E-state index in [4.69, 9.17) is 0 Å². The summed E-state index contributed by atoms with van der Waals surface area (Å²) in [5, 5.41) is 4.66. The molecule has 18 heavy (non-hydrogen) atoms. The van der Waals surface area contributed by atoms with E-state index in [1.54, 1.807) is 0 Å². The van der Waals surface area contributed by atoms with Gasteiger partial charge < -0.3 is 14.8 Å². The third-order valence-corrected chi connectivity index (χ3v) is 3.60. The molecule has 0 bridgehead atoms. The van der Waals surface area contributed by atoms with Crippen LogP contribution in [0.25, 0.3) is 10.9 Å². The fraction of sp³-hybridized carbons (Fsp3) is 0.467. The summed E-state index contributed by atoms with van der Waals surface area (Å²) in [6, 6.07) is 8.54. The number of hydrogen-bond donors (Lipinski definition) is 1. The minimum atomic E-state index is 0.103. The summed E-state index contributed by atoms with van der Waals surface area (Å²) in [4.78, 5) is 2.32. The van der Waals surface area contributed by atoms with Crippen LogP contribution in [0, 0.1) is 0 Å². The number of benzene rings is 1. The van der Waals surface area contributed by atoms with E-state index >= 15 is 0 Å². The van der Waals surface area contributed by atoms with E-state index in [-0.39, 0.29) is 5.54 Å². The van der Waals surface area contributed by atoms with Gasteiger partial charge in [-0.05, 0) is 27.0 Å². The van der Waals surface area contributed by atoms with E-state index in [0.717, 1.165) is 6.54 Å². The molecule has 98 valence electrons. The van der Waals surface area contributed by atoms with Crippen molar-refractivity contribution in [2.45, 2.75) is 19.4 Å². The van der Waals surface area contributed by atoms with Gasteiger partial charge in [-0.25, -0.2) is 0 Å². The van der Waals surface area contributed by atoms with Crippen molar-refractivity contribution in [2.75, 3.05) is 25.5 Å². The van der Waals surface area contributed by atoms with E-state index in [0.29, 0.717) is 0 Å². The molecular weight excluding hydrogens is 222 g/mol. The highest BCUT2D eigenvalue weighted by atomic mass is 15.2. The van der Waals surface area contributed by atoms with Crippen LogP contribution in [0.3, 0.4) is 0 Å². The lowest BCUT2D eigenvalue weighted by Gasteiger charge is -2.31. The maximum Gasteiger partial charge on any atom is 0.0624 e. The number of para-hydroxylation sites is 1. The fourth-order valence-electron chi connectivity index (χ4n) is 2.38. The van der Waals surface area contributed by atoms with E-state index in [1.807, 2.05) is 7.05 Å². The van der Waals surface area contributed by atoms with Crippen LogP contribution < -0.4 is 10.2 Å². The molecule has 2 aromatic rings. The van der Waals surface area contributed by atoms with E-state index in [2.05, 4.69) is 73.2 Å². The normalized spacial score (nSPS) is 12.1. The maximum absolute atomic E-state index is 3.35. The molecule has 0 aliphatic heterocycles. The Kier molecular flexibility index (Phi) is 3.35. The molecule has 0 radical (unpaired) electrons. The molecule has 2 rings (SSSR count). The molecule has 0 aliphatic rings. The Hall–Kier alpha value is -1.48. The minimum Gasteiger partial charge on any atom is -0.371 e. The van der Waals surface area contributed by atoms with Crippen LogP contribution in [0.1, 0.15) is 13.8 Å². The zero-order valence-electron chi connectivity index (χ0n) is 12.0. The summed E-state index contributed by atoms with van der Waals surface area (Å²) in [7, 11) is 6.26. The first-order chi connectivity index (χ1) is 8.44. The zero-order valence-corrected chi connectivity index (χ0v) is 12.0. The van der Waals surface area contributed by atoms with Gasteiger partial charge in [-0.1, -0.05) is 18.2 Å². The smallest absolute Gasteiger partial charge is 0.0624 e. The SMILES string of the molecule is CNC(C)(C)CN(C)c1cn(C)c2ccccc12. The average molecular weight is 245 g/mol. The topological polar surface area (TPSA) is 20.2 Å². The number of rotatable bonds is 4. The molecule has 0 saturated carbocycles. The first-order valence-electron chi connectivity index (χ1n) is 6.39. The van der Waals surface area contributed by atoms with E-state index in [1.165, 1.54) is 16.6 Å². The Morgan fingerprint density at radius 2 is 1.94 bits per heavy atom. The Morgan fingerprint density at radius 3 is 2.61 bits per heavy atom. The van der Waals surface area contributed by atoms with Crippen LogP contribution >= 0.6 is 0 Å². The third kappa shape index (κ3) is 2.36. The number of nitrogens with one attached hydrogen (secondary N) is 1.